The molecule has 0 aromatic carbocycles. The first-order chi connectivity index (χ1) is 14.2. The maximum Gasteiger partial charge on any atom is 0.305 e. The molecule has 0 aromatic heterocycles. The second kappa shape index (κ2) is 23.1. The van der Waals surface area contributed by atoms with Crippen molar-refractivity contribution in [2.24, 2.45) is 0 Å². The SMILES string of the molecule is CCCCOCCOCCOC(=O)CCCCC(=O)OCCOCCOCCC. The van der Waals surface area contributed by atoms with Crippen LogP contribution in [0.3, 0.4) is 0 Å². The van der Waals surface area contributed by atoms with Crippen LogP contribution in [0.2, 0.25) is 0 Å². The smallest absolute Gasteiger partial charge is 0.305 e. The van der Waals surface area contributed by atoms with Gasteiger partial charge in [-0.15, -0.1) is 0 Å². The molecule has 0 N–H and O–H groups in total. The Balaban J connectivity index is 3.30. The maximum atomic E-state index is 11.6. The van der Waals surface area contributed by atoms with Crippen LogP contribution in [0.15, 0.2) is 0 Å². The van der Waals surface area contributed by atoms with Crippen molar-refractivity contribution in [3.63, 3.8) is 0 Å². The van der Waals surface area contributed by atoms with E-state index >= 15 is 0 Å². The van der Waals surface area contributed by atoms with Gasteiger partial charge in [0.25, 0.3) is 0 Å². The van der Waals surface area contributed by atoms with E-state index in [0.29, 0.717) is 52.5 Å². The van der Waals surface area contributed by atoms with Crippen molar-refractivity contribution >= 4 is 11.9 Å². The van der Waals surface area contributed by atoms with E-state index < -0.39 is 0 Å². The first-order valence-corrected chi connectivity index (χ1v) is 10.8. The van der Waals surface area contributed by atoms with Crippen LogP contribution in [0.25, 0.3) is 0 Å². The molecule has 0 amide bonds. The van der Waals surface area contributed by atoms with Crippen molar-refractivity contribution in [3.8, 4) is 0 Å². The molecular formula is C21H40O8. The molecule has 0 spiro atoms. The number of esters is 2. The molecule has 0 heterocycles. The van der Waals surface area contributed by atoms with Crippen molar-refractivity contribution in [3.05, 3.63) is 0 Å². The molecule has 8 heteroatoms. The van der Waals surface area contributed by atoms with E-state index in [1.807, 2.05) is 6.92 Å². The Bertz CT molecular complexity index is 376. The average Bonchev–Trinajstić information content (AvgIpc) is 2.72. The van der Waals surface area contributed by atoms with Crippen LogP contribution in [-0.4, -0.2) is 78.0 Å². The number of unbranched alkanes of at least 4 members (excludes halogenated alkanes) is 2. The summed E-state index contributed by atoms with van der Waals surface area (Å²) < 4.78 is 31.4. The van der Waals surface area contributed by atoms with Gasteiger partial charge in [0, 0.05) is 26.1 Å². The molecular weight excluding hydrogens is 380 g/mol. The Morgan fingerprint density at radius 1 is 0.483 bits per heavy atom. The first kappa shape index (κ1) is 27.8. The molecule has 29 heavy (non-hydrogen) atoms. The minimum Gasteiger partial charge on any atom is -0.463 e. The molecule has 0 rings (SSSR count). The van der Waals surface area contributed by atoms with Crippen LogP contribution in [-0.2, 0) is 38.0 Å². The summed E-state index contributed by atoms with van der Waals surface area (Å²) in [4.78, 5) is 23.2. The molecule has 0 aliphatic heterocycles. The Morgan fingerprint density at radius 2 is 0.897 bits per heavy atom. The minimum atomic E-state index is -0.279. The van der Waals surface area contributed by atoms with E-state index in [9.17, 15) is 9.59 Å². The molecule has 0 atom stereocenters. The Morgan fingerprint density at radius 3 is 1.34 bits per heavy atom. The van der Waals surface area contributed by atoms with Crippen LogP contribution in [0.1, 0.15) is 58.8 Å². The fourth-order valence-electron chi connectivity index (χ4n) is 2.15. The van der Waals surface area contributed by atoms with Gasteiger partial charge in [-0.05, 0) is 25.7 Å². The van der Waals surface area contributed by atoms with Gasteiger partial charge in [0.15, 0.2) is 0 Å². The third-order valence-electron chi connectivity index (χ3n) is 3.73. The lowest BCUT2D eigenvalue weighted by atomic mass is 10.2. The molecule has 0 aliphatic rings. The predicted molar refractivity (Wildman–Crippen MR) is 109 cm³/mol. The zero-order valence-electron chi connectivity index (χ0n) is 18.3. The summed E-state index contributed by atoms with van der Waals surface area (Å²) in [6.07, 6.45) is 4.90. The van der Waals surface area contributed by atoms with Crippen molar-refractivity contribution in [2.45, 2.75) is 58.8 Å². The molecule has 0 fully saturated rings. The number of hydrogen-bond acceptors (Lipinski definition) is 8. The lowest BCUT2D eigenvalue weighted by Crippen LogP contribution is -2.14. The molecule has 172 valence electrons. The first-order valence-electron chi connectivity index (χ1n) is 10.8. The van der Waals surface area contributed by atoms with Crippen molar-refractivity contribution in [1.29, 1.82) is 0 Å². The van der Waals surface area contributed by atoms with Crippen LogP contribution in [0.4, 0.5) is 0 Å². The fraction of sp³-hybridized carbons (Fsp3) is 0.905. The second-order valence-electron chi connectivity index (χ2n) is 6.45. The zero-order valence-corrected chi connectivity index (χ0v) is 18.3. The number of carbonyl (C=O) groups excluding carboxylic acids is 2. The molecule has 0 aliphatic carbocycles. The van der Waals surface area contributed by atoms with Gasteiger partial charge < -0.3 is 28.4 Å². The van der Waals surface area contributed by atoms with Crippen molar-refractivity contribution in [1.82, 2.24) is 0 Å². The number of hydrogen-bond donors (Lipinski definition) is 0. The highest BCUT2D eigenvalue weighted by Crippen LogP contribution is 2.03. The normalized spacial score (nSPS) is 10.8. The third kappa shape index (κ3) is 22.9. The molecule has 8 nitrogen and oxygen atoms in total. The number of rotatable bonds is 22. The summed E-state index contributed by atoms with van der Waals surface area (Å²) in [5.41, 5.74) is 0. The van der Waals surface area contributed by atoms with Gasteiger partial charge in [0.05, 0.1) is 39.6 Å². The van der Waals surface area contributed by atoms with Crippen LogP contribution in [0.5, 0.6) is 0 Å². The average molecular weight is 421 g/mol. The zero-order chi connectivity index (χ0) is 21.4. The maximum absolute atomic E-state index is 11.6. The molecule has 0 saturated carbocycles. The summed E-state index contributed by atoms with van der Waals surface area (Å²) in [6.45, 7) is 8.95. The van der Waals surface area contributed by atoms with E-state index in [-0.39, 0.29) is 38.0 Å². The summed E-state index contributed by atoms with van der Waals surface area (Å²) >= 11 is 0. The van der Waals surface area contributed by atoms with Crippen LogP contribution >= 0.6 is 0 Å². The second-order valence-corrected chi connectivity index (χ2v) is 6.45. The minimum absolute atomic E-state index is 0.234. The monoisotopic (exact) mass is 420 g/mol. The van der Waals surface area contributed by atoms with E-state index in [0.717, 1.165) is 32.5 Å². The van der Waals surface area contributed by atoms with Gasteiger partial charge in [-0.25, -0.2) is 0 Å². The van der Waals surface area contributed by atoms with Gasteiger partial charge in [-0.3, -0.25) is 9.59 Å². The van der Waals surface area contributed by atoms with Crippen LogP contribution in [0, 0.1) is 0 Å². The summed E-state index contributed by atoms with van der Waals surface area (Å²) in [5.74, 6) is -0.557. The summed E-state index contributed by atoms with van der Waals surface area (Å²) in [5, 5.41) is 0. The number of ether oxygens (including phenoxy) is 6. The Labute approximate surface area is 175 Å². The molecule has 0 saturated heterocycles. The van der Waals surface area contributed by atoms with Gasteiger partial charge in [0.1, 0.15) is 13.2 Å². The van der Waals surface area contributed by atoms with Crippen LogP contribution < -0.4 is 0 Å². The van der Waals surface area contributed by atoms with Crippen molar-refractivity contribution < 1.29 is 38.0 Å². The highest BCUT2D eigenvalue weighted by molar-refractivity contribution is 5.70. The summed E-state index contributed by atoms with van der Waals surface area (Å²) in [7, 11) is 0. The lowest BCUT2D eigenvalue weighted by molar-refractivity contribution is -0.147. The van der Waals surface area contributed by atoms with Gasteiger partial charge in [-0.2, -0.15) is 0 Å². The predicted octanol–water partition coefficient (Wildman–Crippen LogP) is 2.91. The van der Waals surface area contributed by atoms with Gasteiger partial charge >= 0.3 is 11.9 Å². The third-order valence-corrected chi connectivity index (χ3v) is 3.73. The van der Waals surface area contributed by atoms with Gasteiger partial charge in [0.2, 0.25) is 0 Å². The van der Waals surface area contributed by atoms with Crippen molar-refractivity contribution in [2.75, 3.05) is 66.1 Å². The Kier molecular flexibility index (Phi) is 22.1. The highest BCUT2D eigenvalue weighted by Gasteiger charge is 2.06. The van der Waals surface area contributed by atoms with E-state index in [2.05, 4.69) is 6.92 Å². The fourth-order valence-corrected chi connectivity index (χ4v) is 2.15. The molecule has 0 aromatic rings. The quantitative estimate of drug-likeness (QED) is 0.195. The summed E-state index contributed by atoms with van der Waals surface area (Å²) in [6, 6.07) is 0. The highest BCUT2D eigenvalue weighted by atomic mass is 16.6. The van der Waals surface area contributed by atoms with E-state index in [4.69, 9.17) is 28.4 Å². The number of carbonyl (C=O) groups is 2. The lowest BCUT2D eigenvalue weighted by Gasteiger charge is -2.07. The Hall–Kier alpha value is -1.22. The largest absolute Gasteiger partial charge is 0.463 e. The van der Waals surface area contributed by atoms with Gasteiger partial charge in [-0.1, -0.05) is 20.3 Å². The molecule has 0 radical (unpaired) electrons. The molecule has 0 unspecified atom stereocenters. The van der Waals surface area contributed by atoms with E-state index in [1.54, 1.807) is 0 Å². The molecule has 0 bridgehead atoms. The standard InChI is InChI=1S/C21H40O8/c1-3-5-11-25-13-15-27-17-19-29-21(23)9-7-6-8-20(22)28-18-16-26-14-12-24-10-4-2/h3-19H2,1-2H3. The van der Waals surface area contributed by atoms with E-state index in [1.165, 1.54) is 0 Å². The topological polar surface area (TPSA) is 89.5 Å².